The fourth-order valence-electron chi connectivity index (χ4n) is 6.80. The van der Waals surface area contributed by atoms with Gasteiger partial charge in [-0.3, -0.25) is 0 Å². The minimum absolute atomic E-state index is 0.0927. The van der Waals surface area contributed by atoms with Crippen LogP contribution in [0, 0.1) is 0 Å². The first kappa shape index (κ1) is 30.2. The molecule has 6 heteroatoms. The van der Waals surface area contributed by atoms with E-state index < -0.39 is 23.5 Å². The molecule has 0 spiro atoms. The summed E-state index contributed by atoms with van der Waals surface area (Å²) < 4.78 is 6.67. The van der Waals surface area contributed by atoms with Crippen LogP contribution in [0.2, 0.25) is 0 Å². The summed E-state index contributed by atoms with van der Waals surface area (Å²) >= 11 is 4.38. The summed E-state index contributed by atoms with van der Waals surface area (Å²) in [5.74, 6) is -1.25. The number of carboxylic acid groups (broad SMARTS) is 1. The predicted octanol–water partition coefficient (Wildman–Crippen LogP) is 8.74. The molecule has 6 rings (SSSR count). The largest absolute Gasteiger partial charge is 0.480 e. The van der Waals surface area contributed by atoms with Crippen molar-refractivity contribution in [3.63, 3.8) is 0 Å². The van der Waals surface area contributed by atoms with Crippen molar-refractivity contribution in [2.45, 2.75) is 36.6 Å². The molecular formula is C39H35NO4S. The Morgan fingerprint density at radius 1 is 0.689 bits per heavy atom. The van der Waals surface area contributed by atoms with Gasteiger partial charge in [-0.25, -0.2) is 13.9 Å². The number of aliphatic carboxylic acids is 1. The average molecular weight is 614 g/mol. The summed E-state index contributed by atoms with van der Waals surface area (Å²) in [7, 11) is 0. The zero-order chi connectivity index (χ0) is 31.2. The van der Waals surface area contributed by atoms with Gasteiger partial charge < -0.3 is 9.84 Å². The molecule has 0 radical (unpaired) electrons. The minimum atomic E-state index is -1.16. The quantitative estimate of drug-likeness (QED) is 0.115. The van der Waals surface area contributed by atoms with Gasteiger partial charge in [-0.2, -0.15) is 0 Å². The van der Waals surface area contributed by atoms with E-state index in [1.165, 1.54) is 0 Å². The van der Waals surface area contributed by atoms with Gasteiger partial charge in [0.2, 0.25) is 0 Å². The van der Waals surface area contributed by atoms with E-state index in [4.69, 9.17) is 4.74 Å². The summed E-state index contributed by atoms with van der Waals surface area (Å²) in [5, 5.41) is 10.2. The van der Waals surface area contributed by atoms with Crippen molar-refractivity contribution in [1.29, 1.82) is 0 Å². The molecule has 5 aromatic rings. The van der Waals surface area contributed by atoms with Crippen LogP contribution in [0.1, 0.15) is 53.0 Å². The van der Waals surface area contributed by atoms with Crippen LogP contribution < -0.4 is 0 Å². The highest BCUT2D eigenvalue weighted by molar-refractivity contribution is 7.78. The number of hydrogen-bond donors (Lipinski definition) is 2. The summed E-state index contributed by atoms with van der Waals surface area (Å²) in [6.45, 7) is 0.0927. The van der Waals surface area contributed by atoms with E-state index >= 15 is 0 Å². The molecule has 45 heavy (non-hydrogen) atoms. The van der Waals surface area contributed by atoms with Crippen LogP contribution in [-0.2, 0) is 14.9 Å². The Balaban J connectivity index is 1.20. The topological polar surface area (TPSA) is 66.8 Å². The zero-order valence-corrected chi connectivity index (χ0v) is 25.7. The summed E-state index contributed by atoms with van der Waals surface area (Å²) in [6, 6.07) is 45.9. The van der Waals surface area contributed by atoms with Gasteiger partial charge in [0.05, 0.1) is 0 Å². The molecule has 1 aliphatic rings. The molecule has 0 bridgehead atoms. The van der Waals surface area contributed by atoms with Crippen LogP contribution in [-0.4, -0.2) is 34.1 Å². The molecule has 0 saturated carbocycles. The summed E-state index contributed by atoms with van der Waals surface area (Å²) in [5.41, 5.74) is 7.27. The second-order valence-corrected chi connectivity index (χ2v) is 11.8. The first-order chi connectivity index (χ1) is 22.0. The smallest absolute Gasteiger partial charge is 0.420 e. The van der Waals surface area contributed by atoms with Crippen LogP contribution in [0.25, 0.3) is 11.1 Å². The van der Waals surface area contributed by atoms with Crippen LogP contribution in [0.4, 0.5) is 4.79 Å². The maximum Gasteiger partial charge on any atom is 0.420 e. The van der Waals surface area contributed by atoms with Crippen LogP contribution >= 0.6 is 12.8 Å². The van der Waals surface area contributed by atoms with Gasteiger partial charge in [0, 0.05) is 11.3 Å². The van der Waals surface area contributed by atoms with Gasteiger partial charge in [0.25, 0.3) is 0 Å². The molecule has 1 aliphatic carbocycles. The molecule has 5 nitrogen and oxygen atoms in total. The minimum Gasteiger partial charge on any atom is -0.480 e. The summed E-state index contributed by atoms with van der Waals surface area (Å²) in [6.07, 6.45) is 0.579. The van der Waals surface area contributed by atoms with Gasteiger partial charge in [-0.05, 0) is 58.2 Å². The van der Waals surface area contributed by atoms with Gasteiger partial charge in [-0.1, -0.05) is 152 Å². The molecule has 0 unspecified atom stereocenters. The molecule has 0 fully saturated rings. The van der Waals surface area contributed by atoms with Gasteiger partial charge >= 0.3 is 12.1 Å². The third-order valence-electron chi connectivity index (χ3n) is 8.93. The Bertz CT molecular complexity index is 1620. The number of thiol groups is 1. The second kappa shape index (κ2) is 13.4. The number of carbonyl (C=O) groups excluding carboxylic acids is 1. The van der Waals surface area contributed by atoms with Crippen molar-refractivity contribution in [3.8, 4) is 11.1 Å². The molecule has 226 valence electrons. The Hall–Kier alpha value is -4.81. The highest BCUT2D eigenvalue weighted by atomic mass is 32.1. The second-order valence-electron chi connectivity index (χ2n) is 11.4. The third kappa shape index (κ3) is 5.98. The fraction of sp³-hybridized carbons (Fsp3) is 0.179. The van der Waals surface area contributed by atoms with E-state index in [0.29, 0.717) is 12.8 Å². The number of rotatable bonds is 11. The van der Waals surface area contributed by atoms with Crippen LogP contribution in [0.5, 0.6) is 0 Å². The monoisotopic (exact) mass is 613 g/mol. The first-order valence-corrected chi connectivity index (χ1v) is 15.6. The molecule has 0 aromatic heterocycles. The van der Waals surface area contributed by atoms with E-state index in [0.717, 1.165) is 43.2 Å². The summed E-state index contributed by atoms with van der Waals surface area (Å²) in [4.78, 5) is 25.8. The SMILES string of the molecule is O=C(O)[C@H](CCCC(c1ccccc1)(c1ccccc1)c1ccccc1)N(S)C(=O)OCC1c2ccccc2-c2ccccc21. The lowest BCUT2D eigenvalue weighted by Crippen LogP contribution is -2.40. The highest BCUT2D eigenvalue weighted by Gasteiger charge is 2.37. The maximum absolute atomic E-state index is 13.3. The molecular weight excluding hydrogens is 578 g/mol. The fourth-order valence-corrected chi connectivity index (χ4v) is 7.07. The third-order valence-corrected chi connectivity index (χ3v) is 9.37. The standard InChI is InChI=1S/C39H35NO4S/c41-37(42)36(40(45)38(43)44-27-35-33-23-12-10-21-31(33)32-22-11-13-24-34(32)35)25-14-26-39(28-15-4-1-5-16-28,29-17-6-2-7-18-29)30-19-8-3-9-20-30/h1-13,15-24,35-36,45H,14,25-27H2,(H,41,42)/t36-/m0/s1. The zero-order valence-electron chi connectivity index (χ0n) is 24.8. The number of carbonyl (C=O) groups is 2. The molecule has 1 N–H and O–H groups in total. The van der Waals surface area contributed by atoms with Crippen LogP contribution in [0.3, 0.4) is 0 Å². The Morgan fingerprint density at radius 2 is 1.11 bits per heavy atom. The van der Waals surface area contributed by atoms with E-state index in [1.54, 1.807) is 0 Å². The average Bonchev–Trinajstić information content (AvgIpc) is 3.41. The lowest BCUT2D eigenvalue weighted by atomic mass is 9.66. The van der Waals surface area contributed by atoms with E-state index in [9.17, 15) is 14.7 Å². The van der Waals surface area contributed by atoms with Crippen molar-refractivity contribution in [1.82, 2.24) is 4.31 Å². The van der Waals surface area contributed by atoms with Crippen molar-refractivity contribution >= 4 is 24.9 Å². The first-order valence-electron chi connectivity index (χ1n) is 15.2. The maximum atomic E-state index is 13.3. The Morgan fingerprint density at radius 3 is 1.56 bits per heavy atom. The number of amides is 1. The lowest BCUT2D eigenvalue weighted by Gasteiger charge is -2.37. The Kier molecular flexibility index (Phi) is 9.03. The van der Waals surface area contributed by atoms with Crippen LogP contribution in [0.15, 0.2) is 140 Å². The molecule has 1 atom stereocenters. The number of ether oxygens (including phenoxy) is 1. The highest BCUT2D eigenvalue weighted by Crippen LogP contribution is 2.45. The molecule has 1 amide bonds. The molecule has 0 saturated heterocycles. The van der Waals surface area contributed by atoms with Crippen molar-refractivity contribution in [3.05, 3.63) is 167 Å². The molecule has 0 aliphatic heterocycles. The predicted molar refractivity (Wildman–Crippen MR) is 180 cm³/mol. The van der Waals surface area contributed by atoms with Gasteiger partial charge in [-0.15, -0.1) is 0 Å². The normalized spacial score (nSPS) is 13.0. The number of carboxylic acids is 1. The number of hydrogen-bond acceptors (Lipinski definition) is 4. The van der Waals surface area contributed by atoms with E-state index in [-0.39, 0.29) is 18.9 Å². The van der Waals surface area contributed by atoms with Gasteiger partial charge in [0.1, 0.15) is 12.6 Å². The number of nitrogens with zero attached hydrogens (tertiary/aromatic N) is 1. The number of fused-ring (bicyclic) bond motifs is 3. The van der Waals surface area contributed by atoms with Crippen molar-refractivity contribution in [2.24, 2.45) is 0 Å². The van der Waals surface area contributed by atoms with E-state index in [2.05, 4.69) is 61.3 Å². The lowest BCUT2D eigenvalue weighted by molar-refractivity contribution is -0.141. The Labute approximate surface area is 269 Å². The van der Waals surface area contributed by atoms with Crippen molar-refractivity contribution < 1.29 is 19.4 Å². The van der Waals surface area contributed by atoms with E-state index in [1.807, 2.05) is 91.0 Å². The van der Waals surface area contributed by atoms with Gasteiger partial charge in [0.15, 0.2) is 0 Å². The molecule has 0 heterocycles. The van der Waals surface area contributed by atoms with Crippen molar-refractivity contribution in [2.75, 3.05) is 6.61 Å². The number of benzene rings is 5. The molecule has 5 aromatic carbocycles.